The summed E-state index contributed by atoms with van der Waals surface area (Å²) in [7, 11) is 1.78. The van der Waals surface area contributed by atoms with Gasteiger partial charge in [-0.1, -0.05) is 17.7 Å². The van der Waals surface area contributed by atoms with Gasteiger partial charge in [0.15, 0.2) is 0 Å². The van der Waals surface area contributed by atoms with Gasteiger partial charge in [-0.3, -0.25) is 0 Å². The molecule has 0 saturated heterocycles. The number of halogens is 2. The summed E-state index contributed by atoms with van der Waals surface area (Å²) in [4.78, 5) is 8.56. The molecule has 0 unspecified atom stereocenters. The second-order valence-electron chi connectivity index (χ2n) is 3.94. The molecule has 3 nitrogen and oxygen atoms in total. The number of nitrogens with zero attached hydrogens (tertiary/aromatic N) is 2. The van der Waals surface area contributed by atoms with Gasteiger partial charge < -0.3 is 5.32 Å². The lowest BCUT2D eigenvalue weighted by Gasteiger charge is -2.07. The van der Waals surface area contributed by atoms with Gasteiger partial charge in [0.25, 0.3) is 0 Å². The maximum absolute atomic E-state index is 13.7. The zero-order valence-corrected chi connectivity index (χ0v) is 10.9. The first kappa shape index (κ1) is 12.8. The minimum atomic E-state index is -0.335. The summed E-state index contributed by atoms with van der Waals surface area (Å²) in [6, 6.07) is 6.45. The molecule has 0 aliphatic rings. The fourth-order valence-corrected chi connectivity index (χ4v) is 1.93. The molecule has 0 atom stereocenters. The van der Waals surface area contributed by atoms with Crippen LogP contribution in [-0.4, -0.2) is 17.0 Å². The normalized spacial score (nSPS) is 10.4. The Morgan fingerprint density at radius 1 is 1.33 bits per heavy atom. The summed E-state index contributed by atoms with van der Waals surface area (Å²) in [5.41, 5.74) is 1.25. The number of nitrogens with one attached hydrogen (secondary N) is 1. The van der Waals surface area contributed by atoms with Crippen LogP contribution in [0.15, 0.2) is 24.3 Å². The third-order valence-corrected chi connectivity index (χ3v) is 2.91. The van der Waals surface area contributed by atoms with Gasteiger partial charge in [-0.25, -0.2) is 14.4 Å². The van der Waals surface area contributed by atoms with Crippen molar-refractivity contribution in [1.29, 1.82) is 0 Å². The Labute approximate surface area is 110 Å². The second-order valence-corrected chi connectivity index (χ2v) is 4.34. The first-order valence-electron chi connectivity index (χ1n) is 5.55. The van der Waals surface area contributed by atoms with Crippen LogP contribution < -0.4 is 5.32 Å². The van der Waals surface area contributed by atoms with Crippen molar-refractivity contribution >= 4 is 17.4 Å². The Morgan fingerprint density at radius 3 is 2.78 bits per heavy atom. The molecule has 2 aromatic rings. The van der Waals surface area contributed by atoms with E-state index in [-0.39, 0.29) is 12.2 Å². The first-order chi connectivity index (χ1) is 8.60. The standard InChI is InChI=1S/C13H13ClFN3/c1-8-6-12(16-2)18-13(17-8)7-9-10(14)4-3-5-11(9)15/h3-6H,7H2,1-2H3,(H,16,17,18). The lowest BCUT2D eigenvalue weighted by atomic mass is 10.1. The van der Waals surface area contributed by atoms with Gasteiger partial charge in [0.1, 0.15) is 17.5 Å². The monoisotopic (exact) mass is 265 g/mol. The van der Waals surface area contributed by atoms with E-state index >= 15 is 0 Å². The third kappa shape index (κ3) is 2.76. The summed E-state index contributed by atoms with van der Waals surface area (Å²) in [6.07, 6.45) is 0.280. The number of anilines is 1. The van der Waals surface area contributed by atoms with Crippen LogP contribution in [0.4, 0.5) is 10.2 Å². The minimum Gasteiger partial charge on any atom is -0.373 e. The summed E-state index contributed by atoms with van der Waals surface area (Å²) < 4.78 is 13.7. The van der Waals surface area contributed by atoms with Gasteiger partial charge in [0.05, 0.1) is 0 Å². The highest BCUT2D eigenvalue weighted by Crippen LogP contribution is 2.21. The van der Waals surface area contributed by atoms with Crippen molar-refractivity contribution in [2.75, 3.05) is 12.4 Å². The van der Waals surface area contributed by atoms with Gasteiger partial charge in [0, 0.05) is 35.8 Å². The van der Waals surface area contributed by atoms with Gasteiger partial charge in [-0.05, 0) is 19.1 Å². The highest BCUT2D eigenvalue weighted by atomic mass is 35.5. The van der Waals surface area contributed by atoms with E-state index in [2.05, 4.69) is 15.3 Å². The summed E-state index contributed by atoms with van der Waals surface area (Å²) in [5.74, 6) is 0.926. The van der Waals surface area contributed by atoms with Crippen LogP contribution in [0.3, 0.4) is 0 Å². The topological polar surface area (TPSA) is 37.8 Å². The Kier molecular flexibility index (Phi) is 3.77. The molecule has 0 bridgehead atoms. The fourth-order valence-electron chi connectivity index (χ4n) is 1.70. The van der Waals surface area contributed by atoms with Gasteiger partial charge in [-0.2, -0.15) is 0 Å². The zero-order valence-electron chi connectivity index (χ0n) is 10.2. The summed E-state index contributed by atoms with van der Waals surface area (Å²) in [5, 5.41) is 3.34. The molecule has 0 aliphatic carbocycles. The Bertz CT molecular complexity index is 552. The Balaban J connectivity index is 2.37. The van der Waals surface area contributed by atoms with E-state index in [0.29, 0.717) is 22.2 Å². The van der Waals surface area contributed by atoms with Gasteiger partial charge >= 0.3 is 0 Å². The molecule has 2 rings (SSSR count). The second kappa shape index (κ2) is 5.31. The van der Waals surface area contributed by atoms with Crippen molar-refractivity contribution in [3.05, 3.63) is 52.2 Å². The lowest BCUT2D eigenvalue weighted by molar-refractivity contribution is 0.612. The molecule has 1 aromatic heterocycles. The van der Waals surface area contributed by atoms with E-state index < -0.39 is 0 Å². The summed E-state index contributed by atoms with van der Waals surface area (Å²) in [6.45, 7) is 1.87. The Hall–Kier alpha value is -1.68. The molecule has 0 amide bonds. The average Bonchev–Trinajstić information content (AvgIpc) is 2.33. The van der Waals surface area contributed by atoms with Crippen molar-refractivity contribution in [3.8, 4) is 0 Å². The maximum Gasteiger partial charge on any atom is 0.135 e. The van der Waals surface area contributed by atoms with Gasteiger partial charge in [0.2, 0.25) is 0 Å². The maximum atomic E-state index is 13.7. The Morgan fingerprint density at radius 2 is 2.11 bits per heavy atom. The van der Waals surface area contributed by atoms with E-state index in [9.17, 15) is 4.39 Å². The quantitative estimate of drug-likeness (QED) is 0.926. The van der Waals surface area contributed by atoms with E-state index in [1.165, 1.54) is 6.07 Å². The van der Waals surface area contributed by atoms with Crippen molar-refractivity contribution in [1.82, 2.24) is 9.97 Å². The van der Waals surface area contributed by atoms with Crippen molar-refractivity contribution in [2.45, 2.75) is 13.3 Å². The molecule has 5 heteroatoms. The molecule has 1 N–H and O–H groups in total. The molecule has 0 saturated carbocycles. The molecule has 18 heavy (non-hydrogen) atoms. The van der Waals surface area contributed by atoms with Crippen LogP contribution in [0.2, 0.25) is 5.02 Å². The van der Waals surface area contributed by atoms with Crippen LogP contribution in [0.5, 0.6) is 0 Å². The van der Waals surface area contributed by atoms with Crippen molar-refractivity contribution in [3.63, 3.8) is 0 Å². The average molecular weight is 266 g/mol. The number of benzene rings is 1. The van der Waals surface area contributed by atoms with E-state index in [1.807, 2.05) is 13.0 Å². The predicted octanol–water partition coefficient (Wildman–Crippen LogP) is 3.21. The number of hydrogen-bond acceptors (Lipinski definition) is 3. The van der Waals surface area contributed by atoms with E-state index in [1.54, 1.807) is 19.2 Å². The lowest BCUT2D eigenvalue weighted by Crippen LogP contribution is -2.04. The third-order valence-electron chi connectivity index (χ3n) is 2.55. The summed E-state index contributed by atoms with van der Waals surface area (Å²) >= 11 is 5.98. The molecule has 0 fully saturated rings. The molecule has 0 spiro atoms. The predicted molar refractivity (Wildman–Crippen MR) is 70.5 cm³/mol. The molecule has 1 heterocycles. The van der Waals surface area contributed by atoms with Crippen molar-refractivity contribution in [2.24, 2.45) is 0 Å². The number of rotatable bonds is 3. The van der Waals surface area contributed by atoms with Crippen LogP contribution in [0, 0.1) is 12.7 Å². The smallest absolute Gasteiger partial charge is 0.135 e. The molecule has 94 valence electrons. The van der Waals surface area contributed by atoms with Crippen LogP contribution in [0.1, 0.15) is 17.1 Å². The van der Waals surface area contributed by atoms with Crippen LogP contribution >= 0.6 is 11.6 Å². The van der Waals surface area contributed by atoms with Gasteiger partial charge in [-0.15, -0.1) is 0 Å². The zero-order chi connectivity index (χ0) is 13.1. The minimum absolute atomic E-state index is 0.280. The highest BCUT2D eigenvalue weighted by Gasteiger charge is 2.10. The molecule has 1 aromatic carbocycles. The fraction of sp³-hybridized carbons (Fsp3) is 0.231. The van der Waals surface area contributed by atoms with Crippen LogP contribution in [0.25, 0.3) is 0 Å². The molecule has 0 radical (unpaired) electrons. The molecular weight excluding hydrogens is 253 g/mol. The van der Waals surface area contributed by atoms with E-state index in [0.717, 1.165) is 5.69 Å². The molecule has 0 aliphatic heterocycles. The van der Waals surface area contributed by atoms with E-state index in [4.69, 9.17) is 11.6 Å². The molecular formula is C13H13ClFN3. The largest absolute Gasteiger partial charge is 0.373 e. The number of aryl methyl sites for hydroxylation is 1. The first-order valence-corrected chi connectivity index (χ1v) is 5.93. The number of hydrogen-bond donors (Lipinski definition) is 1. The van der Waals surface area contributed by atoms with Crippen molar-refractivity contribution < 1.29 is 4.39 Å². The van der Waals surface area contributed by atoms with Crippen LogP contribution in [-0.2, 0) is 6.42 Å². The number of aromatic nitrogens is 2. The highest BCUT2D eigenvalue weighted by molar-refractivity contribution is 6.31. The SMILES string of the molecule is CNc1cc(C)nc(Cc2c(F)cccc2Cl)n1.